The fourth-order valence-electron chi connectivity index (χ4n) is 2.75. The van der Waals surface area contributed by atoms with E-state index < -0.39 is 11.7 Å². The SMILES string of the molecule is O=C(Cc1cncc2ccccc12)N1CC=C(C(F)(F)F)CC1. The lowest BCUT2D eigenvalue weighted by atomic mass is 10.0. The van der Waals surface area contributed by atoms with E-state index in [4.69, 9.17) is 0 Å². The molecule has 23 heavy (non-hydrogen) atoms. The second kappa shape index (κ2) is 6.02. The molecule has 3 rings (SSSR count). The number of carbonyl (C=O) groups excluding carboxylic acids is 1. The van der Waals surface area contributed by atoms with Crippen molar-refractivity contribution >= 4 is 16.7 Å². The molecule has 120 valence electrons. The van der Waals surface area contributed by atoms with Crippen molar-refractivity contribution in [2.24, 2.45) is 0 Å². The smallest absolute Gasteiger partial charge is 0.338 e. The number of rotatable bonds is 2. The Bertz CT molecular complexity index is 763. The van der Waals surface area contributed by atoms with E-state index in [0.29, 0.717) is 0 Å². The average molecular weight is 320 g/mol. The maximum atomic E-state index is 12.6. The minimum Gasteiger partial charge on any atom is -0.338 e. The molecule has 2 aromatic rings. The quantitative estimate of drug-likeness (QED) is 0.794. The van der Waals surface area contributed by atoms with Gasteiger partial charge in [0.2, 0.25) is 5.91 Å². The zero-order valence-electron chi connectivity index (χ0n) is 12.3. The van der Waals surface area contributed by atoms with Gasteiger partial charge in [-0.25, -0.2) is 0 Å². The zero-order valence-corrected chi connectivity index (χ0v) is 12.3. The molecule has 2 heterocycles. The number of benzene rings is 1. The molecule has 0 atom stereocenters. The third-order valence-corrected chi connectivity index (χ3v) is 4.02. The number of alkyl halides is 3. The largest absolute Gasteiger partial charge is 0.412 e. The lowest BCUT2D eigenvalue weighted by molar-refractivity contribution is -0.131. The van der Waals surface area contributed by atoms with Gasteiger partial charge >= 0.3 is 6.18 Å². The van der Waals surface area contributed by atoms with Gasteiger partial charge in [-0.3, -0.25) is 9.78 Å². The van der Waals surface area contributed by atoms with Crippen LogP contribution in [0.1, 0.15) is 12.0 Å². The van der Waals surface area contributed by atoms with E-state index in [0.717, 1.165) is 22.4 Å². The zero-order chi connectivity index (χ0) is 16.4. The van der Waals surface area contributed by atoms with Crippen LogP contribution in [0.2, 0.25) is 0 Å². The summed E-state index contributed by atoms with van der Waals surface area (Å²) in [4.78, 5) is 17.9. The van der Waals surface area contributed by atoms with E-state index in [9.17, 15) is 18.0 Å². The summed E-state index contributed by atoms with van der Waals surface area (Å²) < 4.78 is 37.8. The highest BCUT2D eigenvalue weighted by molar-refractivity contribution is 5.89. The van der Waals surface area contributed by atoms with Crippen molar-refractivity contribution < 1.29 is 18.0 Å². The minimum absolute atomic E-state index is 0.00582. The van der Waals surface area contributed by atoms with Crippen LogP contribution >= 0.6 is 0 Å². The summed E-state index contributed by atoms with van der Waals surface area (Å²) in [5, 5.41) is 1.88. The predicted molar refractivity (Wildman–Crippen MR) is 80.8 cm³/mol. The lowest BCUT2D eigenvalue weighted by Gasteiger charge is -2.27. The molecule has 1 aliphatic rings. The molecule has 0 N–H and O–H groups in total. The monoisotopic (exact) mass is 320 g/mol. The van der Waals surface area contributed by atoms with E-state index >= 15 is 0 Å². The van der Waals surface area contributed by atoms with Crippen molar-refractivity contribution in [2.75, 3.05) is 13.1 Å². The molecule has 0 saturated heterocycles. The number of hydrogen-bond donors (Lipinski definition) is 0. The molecule has 0 aliphatic carbocycles. The van der Waals surface area contributed by atoms with Crippen LogP contribution in [-0.4, -0.2) is 35.1 Å². The van der Waals surface area contributed by atoms with Crippen LogP contribution in [0.4, 0.5) is 13.2 Å². The first kappa shape index (κ1) is 15.5. The number of pyridine rings is 1. The maximum absolute atomic E-state index is 12.6. The summed E-state index contributed by atoms with van der Waals surface area (Å²) in [5.41, 5.74) is 0.243. The molecule has 1 aromatic heterocycles. The first-order valence-corrected chi connectivity index (χ1v) is 7.31. The number of aromatic nitrogens is 1. The summed E-state index contributed by atoms with van der Waals surface area (Å²) in [6, 6.07) is 7.60. The van der Waals surface area contributed by atoms with Gasteiger partial charge in [0.05, 0.1) is 6.42 Å². The Hall–Kier alpha value is -2.37. The van der Waals surface area contributed by atoms with Gasteiger partial charge in [-0.1, -0.05) is 30.3 Å². The van der Waals surface area contributed by atoms with Crippen LogP contribution in [0.25, 0.3) is 10.8 Å². The van der Waals surface area contributed by atoms with Gasteiger partial charge in [0.25, 0.3) is 0 Å². The van der Waals surface area contributed by atoms with Crippen LogP contribution in [0.3, 0.4) is 0 Å². The highest BCUT2D eigenvalue weighted by atomic mass is 19.4. The Kier molecular flexibility index (Phi) is 4.07. The van der Waals surface area contributed by atoms with Crippen LogP contribution in [0.5, 0.6) is 0 Å². The Balaban J connectivity index is 1.74. The third kappa shape index (κ3) is 3.36. The minimum atomic E-state index is -4.30. The fraction of sp³-hybridized carbons (Fsp3) is 0.294. The topological polar surface area (TPSA) is 33.2 Å². The summed E-state index contributed by atoms with van der Waals surface area (Å²) >= 11 is 0. The molecular formula is C17H15F3N2O. The average Bonchev–Trinajstić information content (AvgIpc) is 2.54. The Morgan fingerprint density at radius 2 is 2.00 bits per heavy atom. The van der Waals surface area contributed by atoms with E-state index in [1.54, 1.807) is 12.4 Å². The summed E-state index contributed by atoms with van der Waals surface area (Å²) in [6.07, 6.45) is 0.160. The number of nitrogens with zero attached hydrogens (tertiary/aromatic N) is 2. The first-order chi connectivity index (χ1) is 10.9. The molecule has 3 nitrogen and oxygen atoms in total. The van der Waals surface area contributed by atoms with Gasteiger partial charge in [0, 0.05) is 36.4 Å². The number of carbonyl (C=O) groups is 1. The molecular weight excluding hydrogens is 305 g/mol. The number of amides is 1. The van der Waals surface area contributed by atoms with Gasteiger partial charge in [0.15, 0.2) is 0 Å². The highest BCUT2D eigenvalue weighted by Gasteiger charge is 2.35. The van der Waals surface area contributed by atoms with Gasteiger partial charge in [-0.05, 0) is 17.4 Å². The standard InChI is InChI=1S/C17H15F3N2O/c18-17(19,20)14-5-7-22(8-6-14)16(23)9-13-11-21-10-12-3-1-2-4-15(12)13/h1-5,10-11H,6-9H2. The molecule has 6 heteroatoms. The highest BCUT2D eigenvalue weighted by Crippen LogP contribution is 2.30. The number of halogens is 3. The predicted octanol–water partition coefficient (Wildman–Crippen LogP) is 3.50. The normalized spacial score (nSPS) is 15.6. The number of fused-ring (bicyclic) bond motifs is 1. The Labute approximate surface area is 131 Å². The molecule has 1 aromatic carbocycles. The molecule has 0 fully saturated rings. The lowest BCUT2D eigenvalue weighted by Crippen LogP contribution is -2.37. The van der Waals surface area contributed by atoms with E-state index in [1.807, 2.05) is 24.3 Å². The van der Waals surface area contributed by atoms with E-state index in [-0.39, 0.29) is 31.8 Å². The molecule has 0 radical (unpaired) electrons. The third-order valence-electron chi connectivity index (χ3n) is 4.02. The van der Waals surface area contributed by atoms with Gasteiger partial charge < -0.3 is 4.90 Å². The molecule has 0 saturated carbocycles. The molecule has 0 spiro atoms. The molecule has 0 unspecified atom stereocenters. The Morgan fingerprint density at radius 3 is 2.70 bits per heavy atom. The van der Waals surface area contributed by atoms with Crippen molar-refractivity contribution in [3.63, 3.8) is 0 Å². The second-order valence-corrected chi connectivity index (χ2v) is 5.51. The molecule has 1 amide bonds. The van der Waals surface area contributed by atoms with Crippen molar-refractivity contribution in [1.29, 1.82) is 0 Å². The maximum Gasteiger partial charge on any atom is 0.412 e. The van der Waals surface area contributed by atoms with Crippen molar-refractivity contribution in [2.45, 2.75) is 19.0 Å². The van der Waals surface area contributed by atoms with E-state index in [2.05, 4.69) is 4.98 Å². The van der Waals surface area contributed by atoms with Crippen LogP contribution in [0, 0.1) is 0 Å². The second-order valence-electron chi connectivity index (χ2n) is 5.51. The summed E-state index contributed by atoms with van der Waals surface area (Å²) in [7, 11) is 0. The molecule has 1 aliphatic heterocycles. The Morgan fingerprint density at radius 1 is 1.22 bits per heavy atom. The van der Waals surface area contributed by atoms with Crippen LogP contribution < -0.4 is 0 Å². The van der Waals surface area contributed by atoms with Crippen LogP contribution in [-0.2, 0) is 11.2 Å². The van der Waals surface area contributed by atoms with Gasteiger partial charge in [-0.2, -0.15) is 13.2 Å². The fourth-order valence-corrected chi connectivity index (χ4v) is 2.75. The van der Waals surface area contributed by atoms with Crippen LogP contribution in [0.15, 0.2) is 48.3 Å². The van der Waals surface area contributed by atoms with Crippen molar-refractivity contribution in [3.05, 3.63) is 53.9 Å². The van der Waals surface area contributed by atoms with Crippen molar-refractivity contribution in [3.8, 4) is 0 Å². The summed E-state index contributed by atoms with van der Waals surface area (Å²) in [6.45, 7) is 0.105. The van der Waals surface area contributed by atoms with Crippen molar-refractivity contribution in [1.82, 2.24) is 9.88 Å². The van der Waals surface area contributed by atoms with Gasteiger partial charge in [0.1, 0.15) is 0 Å². The first-order valence-electron chi connectivity index (χ1n) is 7.31. The van der Waals surface area contributed by atoms with E-state index in [1.165, 1.54) is 4.90 Å². The summed E-state index contributed by atoms with van der Waals surface area (Å²) in [5.74, 6) is -0.180. The number of hydrogen-bond acceptors (Lipinski definition) is 2. The molecule has 0 bridgehead atoms. The van der Waals surface area contributed by atoms with Gasteiger partial charge in [-0.15, -0.1) is 0 Å².